The van der Waals surface area contributed by atoms with Crippen molar-refractivity contribution in [3.05, 3.63) is 39.9 Å². The van der Waals surface area contributed by atoms with Crippen molar-refractivity contribution in [2.75, 3.05) is 13.7 Å². The first kappa shape index (κ1) is 22.0. The topological polar surface area (TPSA) is 81.7 Å². The number of carbonyl (C=O) groups excluding carboxylic acids is 3. The molecule has 26 heavy (non-hydrogen) atoms. The van der Waals surface area contributed by atoms with E-state index in [2.05, 4.69) is 10.1 Å². The van der Waals surface area contributed by atoms with Crippen molar-refractivity contribution in [3.8, 4) is 0 Å². The van der Waals surface area contributed by atoms with E-state index in [1.54, 1.807) is 18.2 Å². The first-order valence-corrected chi connectivity index (χ1v) is 8.71. The summed E-state index contributed by atoms with van der Waals surface area (Å²) in [7, 11) is 1.25. The highest BCUT2D eigenvalue weighted by molar-refractivity contribution is 6.42. The summed E-state index contributed by atoms with van der Waals surface area (Å²) in [5.74, 6) is -1.95. The van der Waals surface area contributed by atoms with Gasteiger partial charge in [-0.1, -0.05) is 49.5 Å². The van der Waals surface area contributed by atoms with E-state index in [4.69, 9.17) is 27.9 Å². The summed E-state index contributed by atoms with van der Waals surface area (Å²) in [5, 5.41) is 3.28. The van der Waals surface area contributed by atoms with Crippen LogP contribution in [0.25, 0.3) is 6.08 Å². The van der Waals surface area contributed by atoms with Crippen LogP contribution in [0.5, 0.6) is 0 Å². The fourth-order valence-electron chi connectivity index (χ4n) is 1.98. The van der Waals surface area contributed by atoms with Crippen molar-refractivity contribution in [1.82, 2.24) is 5.32 Å². The van der Waals surface area contributed by atoms with Gasteiger partial charge in [-0.15, -0.1) is 0 Å². The van der Waals surface area contributed by atoms with E-state index < -0.39 is 30.5 Å². The maximum atomic E-state index is 11.9. The fraction of sp³-hybridized carbons (Fsp3) is 0.389. The lowest BCUT2D eigenvalue weighted by atomic mass is 9.99. The third kappa shape index (κ3) is 7.06. The minimum atomic E-state index is -0.789. The van der Waals surface area contributed by atoms with Gasteiger partial charge in [0.05, 0.1) is 17.2 Å². The van der Waals surface area contributed by atoms with Gasteiger partial charge < -0.3 is 14.8 Å². The number of methoxy groups -OCH3 is 1. The highest BCUT2D eigenvalue weighted by Gasteiger charge is 2.26. The molecule has 0 saturated carbocycles. The Kier molecular flexibility index (Phi) is 9.16. The monoisotopic (exact) mass is 401 g/mol. The lowest BCUT2D eigenvalue weighted by molar-refractivity contribution is -0.148. The summed E-state index contributed by atoms with van der Waals surface area (Å²) < 4.78 is 9.53. The highest BCUT2D eigenvalue weighted by Crippen LogP contribution is 2.23. The van der Waals surface area contributed by atoms with Crippen molar-refractivity contribution >= 4 is 47.1 Å². The molecule has 0 bridgehead atoms. The number of hydrogen-bond acceptors (Lipinski definition) is 5. The van der Waals surface area contributed by atoms with Gasteiger partial charge in [-0.3, -0.25) is 4.79 Å². The second-order valence-corrected chi connectivity index (χ2v) is 6.38. The van der Waals surface area contributed by atoms with E-state index in [1.807, 2.05) is 13.8 Å². The van der Waals surface area contributed by atoms with Gasteiger partial charge in [0.25, 0.3) is 5.91 Å². The van der Waals surface area contributed by atoms with E-state index in [9.17, 15) is 14.4 Å². The Bertz CT molecular complexity index is 690. The van der Waals surface area contributed by atoms with Crippen LogP contribution in [-0.4, -0.2) is 37.6 Å². The molecule has 0 aliphatic carbocycles. The molecule has 142 valence electrons. The predicted octanol–water partition coefficient (Wildman–Crippen LogP) is 3.25. The maximum absolute atomic E-state index is 11.9. The molecule has 1 aromatic carbocycles. The number of ether oxygens (including phenoxy) is 2. The van der Waals surface area contributed by atoms with E-state index in [-0.39, 0.29) is 5.92 Å². The highest BCUT2D eigenvalue weighted by atomic mass is 35.5. The predicted molar refractivity (Wildman–Crippen MR) is 99.9 cm³/mol. The van der Waals surface area contributed by atoms with Crippen molar-refractivity contribution in [2.45, 2.75) is 26.3 Å². The molecule has 0 aromatic heterocycles. The summed E-state index contributed by atoms with van der Waals surface area (Å²) in [4.78, 5) is 35.3. The fourth-order valence-corrected chi connectivity index (χ4v) is 2.28. The van der Waals surface area contributed by atoms with Gasteiger partial charge in [0.2, 0.25) is 0 Å². The molecule has 0 fully saturated rings. The number of benzene rings is 1. The van der Waals surface area contributed by atoms with Gasteiger partial charge in [0, 0.05) is 6.08 Å². The van der Waals surface area contributed by atoms with Crippen LogP contribution in [0.4, 0.5) is 0 Å². The van der Waals surface area contributed by atoms with E-state index >= 15 is 0 Å². The number of esters is 2. The number of nitrogens with one attached hydrogen (secondary N) is 1. The molecule has 1 aromatic rings. The van der Waals surface area contributed by atoms with Crippen LogP contribution in [0.2, 0.25) is 10.0 Å². The van der Waals surface area contributed by atoms with Crippen LogP contribution >= 0.6 is 23.2 Å². The molecule has 1 amide bonds. The van der Waals surface area contributed by atoms with Gasteiger partial charge in [0.1, 0.15) is 6.04 Å². The first-order chi connectivity index (χ1) is 12.3. The van der Waals surface area contributed by atoms with E-state index in [0.717, 1.165) is 0 Å². The van der Waals surface area contributed by atoms with Crippen LogP contribution in [-0.2, 0) is 23.9 Å². The number of hydrogen-bond donors (Lipinski definition) is 1. The van der Waals surface area contributed by atoms with E-state index in [1.165, 1.54) is 19.3 Å². The molecule has 1 N–H and O–H groups in total. The molecule has 6 nitrogen and oxygen atoms in total. The molecule has 0 aliphatic rings. The Hall–Kier alpha value is -2.05. The maximum Gasteiger partial charge on any atom is 0.331 e. The van der Waals surface area contributed by atoms with Crippen LogP contribution in [0.1, 0.15) is 25.8 Å². The molecule has 0 aliphatic heterocycles. The molecule has 2 atom stereocenters. The van der Waals surface area contributed by atoms with Gasteiger partial charge in [-0.25, -0.2) is 9.59 Å². The summed E-state index contributed by atoms with van der Waals surface area (Å²) in [6.45, 7) is 3.20. The van der Waals surface area contributed by atoms with Gasteiger partial charge >= 0.3 is 11.9 Å². The molecule has 0 unspecified atom stereocenters. The molecular weight excluding hydrogens is 381 g/mol. The standard InChI is InChI=1S/C18H21Cl2NO5/c1-4-11(2)17(18(24)25-3)21-15(22)10-26-16(23)8-6-12-5-7-13(19)14(20)9-12/h5-9,11,17H,4,10H2,1-3H3,(H,21,22)/b8-6+/t11-,17+/m0/s1. The Morgan fingerprint density at radius 3 is 2.50 bits per heavy atom. The molecule has 0 saturated heterocycles. The SMILES string of the molecule is CC[C@H](C)[C@@H](NC(=O)COC(=O)/C=C/c1ccc(Cl)c(Cl)c1)C(=O)OC. The Morgan fingerprint density at radius 1 is 1.23 bits per heavy atom. The lowest BCUT2D eigenvalue weighted by Gasteiger charge is -2.21. The third-order valence-electron chi connectivity index (χ3n) is 3.69. The minimum absolute atomic E-state index is 0.114. The van der Waals surface area contributed by atoms with Crippen LogP contribution in [0.3, 0.4) is 0 Å². The normalized spacial score (nSPS) is 13.1. The second kappa shape index (κ2) is 10.8. The van der Waals surface area contributed by atoms with Crippen molar-refractivity contribution in [1.29, 1.82) is 0 Å². The quantitative estimate of drug-likeness (QED) is 0.533. The summed E-state index contributed by atoms with van der Waals surface area (Å²) in [6.07, 6.45) is 3.32. The number of rotatable bonds is 8. The zero-order chi connectivity index (χ0) is 19.7. The van der Waals surface area contributed by atoms with Crippen molar-refractivity contribution < 1.29 is 23.9 Å². The summed E-state index contributed by atoms with van der Waals surface area (Å²) in [6, 6.07) is 4.08. The number of carbonyl (C=O) groups is 3. The average Bonchev–Trinajstić information content (AvgIpc) is 2.64. The largest absolute Gasteiger partial charge is 0.467 e. The molecule has 0 spiro atoms. The van der Waals surface area contributed by atoms with Crippen molar-refractivity contribution in [2.24, 2.45) is 5.92 Å². The average molecular weight is 402 g/mol. The molecule has 1 rings (SSSR count). The summed E-state index contributed by atoms with van der Waals surface area (Å²) >= 11 is 11.7. The van der Waals surface area contributed by atoms with E-state index in [0.29, 0.717) is 22.0 Å². The molecule has 0 heterocycles. The number of amides is 1. The molecule has 0 radical (unpaired) electrons. The lowest BCUT2D eigenvalue weighted by Crippen LogP contribution is -2.47. The third-order valence-corrected chi connectivity index (χ3v) is 4.42. The van der Waals surface area contributed by atoms with Crippen LogP contribution in [0.15, 0.2) is 24.3 Å². The van der Waals surface area contributed by atoms with Crippen LogP contribution < -0.4 is 5.32 Å². The van der Waals surface area contributed by atoms with Crippen LogP contribution in [0, 0.1) is 5.92 Å². The van der Waals surface area contributed by atoms with Gasteiger partial charge in [0.15, 0.2) is 6.61 Å². The Labute approximate surface area is 162 Å². The van der Waals surface area contributed by atoms with Gasteiger partial charge in [-0.05, 0) is 29.7 Å². The first-order valence-electron chi connectivity index (χ1n) is 7.95. The number of halogens is 2. The zero-order valence-electron chi connectivity index (χ0n) is 14.8. The zero-order valence-corrected chi connectivity index (χ0v) is 16.3. The molecule has 8 heteroatoms. The Balaban J connectivity index is 2.54. The molecular formula is C18H21Cl2NO5. The second-order valence-electron chi connectivity index (χ2n) is 5.57. The Morgan fingerprint density at radius 2 is 1.92 bits per heavy atom. The van der Waals surface area contributed by atoms with Gasteiger partial charge in [-0.2, -0.15) is 0 Å². The van der Waals surface area contributed by atoms with Crippen molar-refractivity contribution in [3.63, 3.8) is 0 Å². The minimum Gasteiger partial charge on any atom is -0.467 e. The smallest absolute Gasteiger partial charge is 0.331 e. The summed E-state index contributed by atoms with van der Waals surface area (Å²) in [5.41, 5.74) is 0.656.